The number of alkyl halides is 6. The van der Waals surface area contributed by atoms with Gasteiger partial charge in [0.25, 0.3) is 0 Å². The van der Waals surface area contributed by atoms with E-state index in [0.717, 1.165) is 6.92 Å². The first kappa shape index (κ1) is 12.8. The van der Waals surface area contributed by atoms with Gasteiger partial charge in [-0.2, -0.15) is 26.3 Å². The van der Waals surface area contributed by atoms with E-state index in [1.54, 1.807) is 0 Å². The van der Waals surface area contributed by atoms with Crippen molar-refractivity contribution >= 4 is 0 Å². The van der Waals surface area contributed by atoms with Crippen LogP contribution >= 0.6 is 0 Å². The summed E-state index contributed by atoms with van der Waals surface area (Å²) in [6.45, 7) is 1.10. The van der Waals surface area contributed by atoms with E-state index in [0.29, 0.717) is 6.07 Å². The molecule has 0 aliphatic carbocycles. The molecule has 0 amide bonds. The number of rotatable bonds is 1. The van der Waals surface area contributed by atoms with Gasteiger partial charge in [-0.05, 0) is 6.92 Å². The Bertz CT molecular complexity index is 365. The second kappa shape index (κ2) is 3.37. The molecule has 0 aromatic carbocycles. The molecule has 16 heavy (non-hydrogen) atoms. The summed E-state index contributed by atoms with van der Waals surface area (Å²) in [4.78, 5) is 0. The molecule has 3 nitrogen and oxygen atoms in total. The lowest BCUT2D eigenvalue weighted by atomic mass is 9.98. The molecule has 92 valence electrons. The zero-order chi connectivity index (χ0) is 12.8. The van der Waals surface area contributed by atoms with E-state index in [2.05, 4.69) is 9.68 Å². The lowest BCUT2D eigenvalue weighted by molar-refractivity contribution is -0.377. The number of hydrogen-bond donors (Lipinski definition) is 1. The van der Waals surface area contributed by atoms with Crippen LogP contribution in [0.4, 0.5) is 26.3 Å². The van der Waals surface area contributed by atoms with Gasteiger partial charge in [-0.25, -0.2) is 0 Å². The van der Waals surface area contributed by atoms with Gasteiger partial charge in [0.2, 0.25) is 0 Å². The Labute approximate surface area is 84.6 Å². The van der Waals surface area contributed by atoms with Crippen LogP contribution in [0.2, 0.25) is 0 Å². The van der Waals surface area contributed by atoms with E-state index in [4.69, 9.17) is 5.11 Å². The van der Waals surface area contributed by atoms with Gasteiger partial charge in [-0.1, -0.05) is 5.16 Å². The fraction of sp³-hybridized carbons (Fsp3) is 0.571. The SMILES string of the molecule is Cc1cc(C(O)(C(F)(F)F)C(F)(F)F)no1. The standard InChI is InChI=1S/C7H5F6NO2/c1-3-2-4(14-16-3)5(15,6(8,9)10)7(11,12)13/h2,15H,1H3. The molecule has 1 aromatic heterocycles. The molecular weight excluding hydrogens is 244 g/mol. The number of nitrogens with zero attached hydrogens (tertiary/aromatic N) is 1. The van der Waals surface area contributed by atoms with Crippen LogP contribution in [-0.2, 0) is 5.60 Å². The maximum atomic E-state index is 12.2. The van der Waals surface area contributed by atoms with Gasteiger partial charge in [0.1, 0.15) is 11.5 Å². The van der Waals surface area contributed by atoms with Crippen LogP contribution < -0.4 is 0 Å². The number of aromatic nitrogens is 1. The summed E-state index contributed by atoms with van der Waals surface area (Å²) < 4.78 is 77.6. The monoisotopic (exact) mass is 249 g/mol. The van der Waals surface area contributed by atoms with Crippen molar-refractivity contribution in [3.63, 3.8) is 0 Å². The first-order valence-corrected chi connectivity index (χ1v) is 3.80. The zero-order valence-electron chi connectivity index (χ0n) is 7.65. The molecule has 0 radical (unpaired) electrons. The zero-order valence-corrected chi connectivity index (χ0v) is 7.65. The van der Waals surface area contributed by atoms with Crippen LogP contribution in [0.25, 0.3) is 0 Å². The summed E-state index contributed by atoms with van der Waals surface area (Å²) in [7, 11) is 0. The molecule has 0 bridgehead atoms. The largest absolute Gasteiger partial charge is 0.432 e. The van der Waals surface area contributed by atoms with Crippen molar-refractivity contribution in [3.05, 3.63) is 17.5 Å². The highest BCUT2D eigenvalue weighted by molar-refractivity contribution is 5.18. The van der Waals surface area contributed by atoms with Gasteiger partial charge in [-0.15, -0.1) is 0 Å². The topological polar surface area (TPSA) is 46.3 Å². The number of halogens is 6. The molecule has 0 saturated carbocycles. The molecule has 0 fully saturated rings. The fourth-order valence-corrected chi connectivity index (χ4v) is 0.988. The van der Waals surface area contributed by atoms with Crippen LogP contribution in [0.15, 0.2) is 10.6 Å². The first-order valence-electron chi connectivity index (χ1n) is 3.80. The molecule has 1 heterocycles. The summed E-state index contributed by atoms with van der Waals surface area (Å²) in [6, 6.07) is 0.376. The minimum Gasteiger partial charge on any atom is -0.368 e. The average Bonchev–Trinajstić information content (AvgIpc) is 2.46. The van der Waals surface area contributed by atoms with Crippen LogP contribution in [0.3, 0.4) is 0 Å². The second-order valence-corrected chi connectivity index (χ2v) is 3.03. The van der Waals surface area contributed by atoms with Crippen molar-refractivity contribution in [2.45, 2.75) is 24.9 Å². The van der Waals surface area contributed by atoms with Crippen molar-refractivity contribution < 1.29 is 36.0 Å². The normalized spacial score (nSPS) is 14.2. The maximum Gasteiger partial charge on any atom is 0.432 e. The molecule has 0 unspecified atom stereocenters. The van der Waals surface area contributed by atoms with Crippen LogP contribution in [-0.4, -0.2) is 22.6 Å². The van der Waals surface area contributed by atoms with Gasteiger partial charge >= 0.3 is 18.0 Å². The number of aryl methyl sites for hydroxylation is 1. The fourth-order valence-electron chi connectivity index (χ4n) is 0.988. The van der Waals surface area contributed by atoms with Crippen LogP contribution in [0.5, 0.6) is 0 Å². The van der Waals surface area contributed by atoms with Gasteiger partial charge in [0.15, 0.2) is 0 Å². The summed E-state index contributed by atoms with van der Waals surface area (Å²) in [6.07, 6.45) is -11.9. The molecule has 0 saturated heterocycles. The highest BCUT2D eigenvalue weighted by Gasteiger charge is 2.73. The average molecular weight is 249 g/mol. The highest BCUT2D eigenvalue weighted by atomic mass is 19.4. The third kappa shape index (κ3) is 1.75. The number of aliphatic hydroxyl groups is 1. The Kier molecular flexibility index (Phi) is 2.70. The lowest BCUT2D eigenvalue weighted by Crippen LogP contribution is -2.54. The number of hydrogen-bond acceptors (Lipinski definition) is 3. The molecule has 9 heteroatoms. The van der Waals surface area contributed by atoms with Crippen molar-refractivity contribution in [1.82, 2.24) is 5.16 Å². The van der Waals surface area contributed by atoms with E-state index in [9.17, 15) is 26.3 Å². The maximum absolute atomic E-state index is 12.2. The smallest absolute Gasteiger partial charge is 0.368 e. The van der Waals surface area contributed by atoms with E-state index in [1.165, 1.54) is 0 Å². The van der Waals surface area contributed by atoms with E-state index < -0.39 is 23.6 Å². The molecule has 0 spiro atoms. The molecular formula is C7H5F6NO2. The molecule has 0 atom stereocenters. The van der Waals surface area contributed by atoms with Crippen molar-refractivity contribution in [3.8, 4) is 0 Å². The first-order chi connectivity index (χ1) is 7.00. The van der Waals surface area contributed by atoms with Gasteiger partial charge in [0, 0.05) is 6.07 Å². The summed E-state index contributed by atoms with van der Waals surface area (Å²) in [5.41, 5.74) is -6.65. The Balaban J connectivity index is 3.38. The Morgan fingerprint density at radius 3 is 1.81 bits per heavy atom. The molecule has 1 aromatic rings. The lowest BCUT2D eigenvalue weighted by Gasteiger charge is -2.29. The predicted molar refractivity (Wildman–Crippen MR) is 37.2 cm³/mol. The molecule has 0 aliphatic heterocycles. The Morgan fingerprint density at radius 1 is 1.12 bits per heavy atom. The van der Waals surface area contributed by atoms with Gasteiger partial charge in [-0.3, -0.25) is 0 Å². The van der Waals surface area contributed by atoms with Gasteiger partial charge in [0.05, 0.1) is 0 Å². The van der Waals surface area contributed by atoms with Crippen LogP contribution in [0, 0.1) is 6.92 Å². The summed E-state index contributed by atoms with van der Waals surface area (Å²) >= 11 is 0. The van der Waals surface area contributed by atoms with Crippen LogP contribution in [0.1, 0.15) is 11.5 Å². The third-order valence-electron chi connectivity index (χ3n) is 1.82. The molecule has 0 aliphatic rings. The Hall–Kier alpha value is -1.25. The minimum absolute atomic E-state index is 0.276. The highest BCUT2D eigenvalue weighted by Crippen LogP contribution is 2.49. The van der Waals surface area contributed by atoms with E-state index >= 15 is 0 Å². The van der Waals surface area contributed by atoms with Crippen molar-refractivity contribution in [2.24, 2.45) is 0 Å². The minimum atomic E-state index is -5.94. The van der Waals surface area contributed by atoms with Gasteiger partial charge < -0.3 is 9.63 Å². The van der Waals surface area contributed by atoms with E-state index in [1.807, 2.05) is 0 Å². The molecule has 1 N–H and O–H groups in total. The second-order valence-electron chi connectivity index (χ2n) is 3.03. The summed E-state index contributed by atoms with van der Waals surface area (Å²) in [5, 5.41) is 11.4. The predicted octanol–water partition coefficient (Wildman–Crippen LogP) is 2.30. The van der Waals surface area contributed by atoms with Crippen molar-refractivity contribution in [1.29, 1.82) is 0 Å². The van der Waals surface area contributed by atoms with E-state index in [-0.39, 0.29) is 5.76 Å². The summed E-state index contributed by atoms with van der Waals surface area (Å²) in [5.74, 6) is -0.276. The Morgan fingerprint density at radius 2 is 1.56 bits per heavy atom. The van der Waals surface area contributed by atoms with Crippen molar-refractivity contribution in [2.75, 3.05) is 0 Å². The molecule has 1 rings (SSSR count). The third-order valence-corrected chi connectivity index (χ3v) is 1.82. The quantitative estimate of drug-likeness (QED) is 0.777.